The SMILES string of the molecule is CC(C)(O)C=Cc1nc(N)c2nc(-c3cccc(F)c3)n(C3CC3)c2n1.Cl. The van der Waals surface area contributed by atoms with Crippen molar-refractivity contribution in [3.8, 4) is 11.4 Å². The zero-order valence-electron chi connectivity index (χ0n) is 15.1. The smallest absolute Gasteiger partial charge is 0.166 e. The van der Waals surface area contributed by atoms with E-state index in [0.717, 1.165) is 12.8 Å². The first-order valence-electron chi connectivity index (χ1n) is 8.55. The number of nitrogen functional groups attached to an aromatic ring is 1. The molecule has 1 fully saturated rings. The summed E-state index contributed by atoms with van der Waals surface area (Å²) in [4.78, 5) is 13.5. The van der Waals surface area contributed by atoms with Gasteiger partial charge in [-0.05, 0) is 51.0 Å². The zero-order chi connectivity index (χ0) is 18.5. The fraction of sp³-hybridized carbons (Fsp3) is 0.316. The lowest BCUT2D eigenvalue weighted by Gasteiger charge is -2.10. The molecule has 1 aliphatic carbocycles. The van der Waals surface area contributed by atoms with Crippen molar-refractivity contribution < 1.29 is 9.50 Å². The van der Waals surface area contributed by atoms with Crippen LogP contribution in [-0.2, 0) is 0 Å². The monoisotopic (exact) mass is 389 g/mol. The molecule has 0 saturated heterocycles. The molecule has 1 aliphatic rings. The highest BCUT2D eigenvalue weighted by molar-refractivity contribution is 5.86. The summed E-state index contributed by atoms with van der Waals surface area (Å²) in [5, 5.41) is 9.87. The van der Waals surface area contributed by atoms with Crippen LogP contribution in [-0.4, -0.2) is 30.2 Å². The second kappa shape index (κ2) is 6.90. The molecule has 0 aliphatic heterocycles. The molecule has 8 heteroatoms. The van der Waals surface area contributed by atoms with E-state index in [-0.39, 0.29) is 30.1 Å². The van der Waals surface area contributed by atoms with E-state index in [9.17, 15) is 9.50 Å². The molecule has 1 aromatic carbocycles. The average molecular weight is 390 g/mol. The number of benzene rings is 1. The van der Waals surface area contributed by atoms with Crippen molar-refractivity contribution >= 4 is 35.5 Å². The minimum atomic E-state index is -0.976. The zero-order valence-corrected chi connectivity index (χ0v) is 15.9. The Morgan fingerprint density at radius 1 is 1.26 bits per heavy atom. The van der Waals surface area contributed by atoms with Gasteiger partial charge in [0.15, 0.2) is 22.8 Å². The topological polar surface area (TPSA) is 89.9 Å². The Hall–Kier alpha value is -2.51. The molecule has 2 heterocycles. The van der Waals surface area contributed by atoms with Gasteiger partial charge < -0.3 is 15.4 Å². The van der Waals surface area contributed by atoms with Crippen molar-refractivity contribution in [3.63, 3.8) is 0 Å². The van der Waals surface area contributed by atoms with E-state index in [1.807, 2.05) is 10.6 Å². The Morgan fingerprint density at radius 2 is 2.00 bits per heavy atom. The van der Waals surface area contributed by atoms with Gasteiger partial charge >= 0.3 is 0 Å². The number of nitrogens with zero attached hydrogens (tertiary/aromatic N) is 4. The molecule has 0 spiro atoms. The standard InChI is InChI=1S/C19H20FN5O.ClH/c1-19(2,26)9-8-14-22-16(21)15-18(23-14)25(13-6-7-13)17(24-15)11-4-3-5-12(20)10-11;/h3-5,8-10,13,26H,6-7H2,1-2H3,(H2,21,22,23);1H. The van der Waals surface area contributed by atoms with E-state index >= 15 is 0 Å². The number of hydrogen-bond acceptors (Lipinski definition) is 5. The fourth-order valence-corrected chi connectivity index (χ4v) is 2.88. The van der Waals surface area contributed by atoms with Crippen molar-refractivity contribution in [2.45, 2.75) is 38.3 Å². The summed E-state index contributed by atoms with van der Waals surface area (Å²) in [6.45, 7) is 3.34. The van der Waals surface area contributed by atoms with Gasteiger partial charge in [0.25, 0.3) is 0 Å². The molecule has 6 nitrogen and oxygen atoms in total. The molecule has 3 N–H and O–H groups in total. The predicted molar refractivity (Wildman–Crippen MR) is 106 cm³/mol. The first-order valence-corrected chi connectivity index (χ1v) is 8.55. The highest BCUT2D eigenvalue weighted by Crippen LogP contribution is 2.41. The largest absolute Gasteiger partial charge is 0.386 e. The number of fused-ring (bicyclic) bond motifs is 1. The van der Waals surface area contributed by atoms with Crippen molar-refractivity contribution in [3.05, 3.63) is 42.0 Å². The van der Waals surface area contributed by atoms with Crippen molar-refractivity contribution in [1.29, 1.82) is 0 Å². The number of aromatic nitrogens is 4. The van der Waals surface area contributed by atoms with E-state index in [1.165, 1.54) is 12.1 Å². The molecule has 0 unspecified atom stereocenters. The highest BCUT2D eigenvalue weighted by Gasteiger charge is 2.30. The molecule has 2 aromatic heterocycles. The molecule has 0 bridgehead atoms. The minimum absolute atomic E-state index is 0. The normalized spacial score (nSPS) is 14.7. The summed E-state index contributed by atoms with van der Waals surface area (Å²) in [5.41, 5.74) is 6.96. The number of nitrogens with two attached hydrogens (primary N) is 1. The molecule has 0 amide bonds. The molecule has 0 radical (unpaired) electrons. The van der Waals surface area contributed by atoms with Gasteiger partial charge in [0, 0.05) is 11.6 Å². The summed E-state index contributed by atoms with van der Waals surface area (Å²) in [6, 6.07) is 6.62. The summed E-state index contributed by atoms with van der Waals surface area (Å²) in [6.07, 6.45) is 5.29. The minimum Gasteiger partial charge on any atom is -0.386 e. The maximum Gasteiger partial charge on any atom is 0.166 e. The van der Waals surface area contributed by atoms with Crippen LogP contribution in [0.3, 0.4) is 0 Å². The first kappa shape index (κ1) is 19.3. The van der Waals surface area contributed by atoms with Crippen molar-refractivity contribution in [2.24, 2.45) is 0 Å². The molecule has 1 saturated carbocycles. The van der Waals surface area contributed by atoms with Gasteiger partial charge in [0.1, 0.15) is 11.6 Å². The molecule has 27 heavy (non-hydrogen) atoms. The van der Waals surface area contributed by atoms with E-state index < -0.39 is 5.60 Å². The number of halogens is 2. The third-order valence-corrected chi connectivity index (χ3v) is 4.22. The fourth-order valence-electron chi connectivity index (χ4n) is 2.88. The lowest BCUT2D eigenvalue weighted by atomic mass is 10.1. The van der Waals surface area contributed by atoms with Crippen molar-refractivity contribution in [2.75, 3.05) is 5.73 Å². The summed E-state index contributed by atoms with van der Waals surface area (Å²) >= 11 is 0. The van der Waals surface area contributed by atoms with Crippen LogP contribution in [0.25, 0.3) is 28.6 Å². The maximum absolute atomic E-state index is 13.7. The van der Waals surface area contributed by atoms with Crippen LogP contribution in [0.4, 0.5) is 10.2 Å². The number of hydrogen-bond donors (Lipinski definition) is 2. The highest BCUT2D eigenvalue weighted by atomic mass is 35.5. The second-order valence-electron chi connectivity index (χ2n) is 7.17. The van der Waals surface area contributed by atoms with E-state index in [0.29, 0.717) is 28.4 Å². The number of aliphatic hydroxyl groups is 1. The molecule has 0 atom stereocenters. The Balaban J connectivity index is 0.00000210. The third-order valence-electron chi connectivity index (χ3n) is 4.22. The van der Waals surface area contributed by atoms with Gasteiger partial charge in [0.2, 0.25) is 0 Å². The molecular weight excluding hydrogens is 369 g/mol. The van der Waals surface area contributed by atoms with Crippen molar-refractivity contribution in [1.82, 2.24) is 19.5 Å². The average Bonchev–Trinajstić information content (AvgIpc) is 3.32. The van der Waals surface area contributed by atoms with Crippen LogP contribution >= 0.6 is 12.4 Å². The van der Waals surface area contributed by atoms with Crippen LogP contribution in [0.5, 0.6) is 0 Å². The predicted octanol–water partition coefficient (Wildman–Crippen LogP) is 3.76. The summed E-state index contributed by atoms with van der Waals surface area (Å²) in [7, 11) is 0. The van der Waals surface area contributed by atoms with Crippen LogP contribution in [0.1, 0.15) is 38.6 Å². The van der Waals surface area contributed by atoms with Crippen LogP contribution < -0.4 is 5.73 Å². The van der Waals surface area contributed by atoms with Crippen LogP contribution in [0.2, 0.25) is 0 Å². The van der Waals surface area contributed by atoms with Gasteiger partial charge in [-0.1, -0.05) is 12.1 Å². The van der Waals surface area contributed by atoms with Gasteiger partial charge in [-0.15, -0.1) is 12.4 Å². The Labute approximate surface area is 162 Å². The lowest BCUT2D eigenvalue weighted by Crippen LogP contribution is -2.13. The van der Waals surface area contributed by atoms with Crippen LogP contribution in [0.15, 0.2) is 30.3 Å². The Kier molecular flexibility index (Phi) is 4.92. The molecular formula is C19H21ClFN5O. The molecule has 3 aromatic rings. The van der Waals surface area contributed by atoms with Gasteiger partial charge in [-0.3, -0.25) is 0 Å². The van der Waals surface area contributed by atoms with Gasteiger partial charge in [-0.25, -0.2) is 19.3 Å². The van der Waals surface area contributed by atoms with E-state index in [2.05, 4.69) is 15.0 Å². The van der Waals surface area contributed by atoms with Crippen LogP contribution in [0, 0.1) is 5.82 Å². The Bertz CT molecular complexity index is 1020. The quantitative estimate of drug-likeness (QED) is 0.709. The summed E-state index contributed by atoms with van der Waals surface area (Å²) in [5.74, 6) is 1.00. The molecule has 4 rings (SSSR count). The Morgan fingerprint density at radius 3 is 2.63 bits per heavy atom. The van der Waals surface area contributed by atoms with E-state index in [4.69, 9.17) is 5.73 Å². The third kappa shape index (κ3) is 3.94. The second-order valence-corrected chi connectivity index (χ2v) is 7.17. The van der Waals surface area contributed by atoms with Gasteiger partial charge in [-0.2, -0.15) is 0 Å². The van der Waals surface area contributed by atoms with Gasteiger partial charge in [0.05, 0.1) is 5.60 Å². The number of rotatable bonds is 4. The number of imidazole rings is 1. The first-order chi connectivity index (χ1) is 12.3. The van der Waals surface area contributed by atoms with E-state index in [1.54, 1.807) is 32.1 Å². The summed E-state index contributed by atoms with van der Waals surface area (Å²) < 4.78 is 15.7. The number of anilines is 1. The maximum atomic E-state index is 13.7. The molecule has 142 valence electrons. The lowest BCUT2D eigenvalue weighted by molar-refractivity contribution is 0.134.